The molecule has 19 heavy (non-hydrogen) atoms. The highest BCUT2D eigenvalue weighted by Crippen LogP contribution is 2.08. The fourth-order valence-corrected chi connectivity index (χ4v) is 2.77. The third kappa shape index (κ3) is 7.93. The van der Waals surface area contributed by atoms with E-state index in [1.807, 2.05) is 6.07 Å². The summed E-state index contributed by atoms with van der Waals surface area (Å²) < 4.78 is 0. The van der Waals surface area contributed by atoms with Gasteiger partial charge in [-0.05, 0) is 37.5 Å². The van der Waals surface area contributed by atoms with Crippen LogP contribution >= 0.6 is 11.8 Å². The summed E-state index contributed by atoms with van der Waals surface area (Å²) in [5.74, 6) is 1.80. The van der Waals surface area contributed by atoms with Gasteiger partial charge < -0.3 is 5.32 Å². The molecule has 0 bridgehead atoms. The number of carbonyl (C=O) groups is 1. The number of hydrogen-bond acceptors (Lipinski definition) is 2. The second-order valence-corrected chi connectivity index (χ2v) is 6.00. The van der Waals surface area contributed by atoms with E-state index in [9.17, 15) is 4.79 Å². The van der Waals surface area contributed by atoms with Crippen molar-refractivity contribution in [3.63, 3.8) is 0 Å². The van der Waals surface area contributed by atoms with E-state index in [0.29, 0.717) is 11.8 Å². The molecule has 1 amide bonds. The molecule has 0 aliphatic heterocycles. The highest BCUT2D eigenvalue weighted by Gasteiger charge is 2.05. The Morgan fingerprint density at radius 2 is 2.05 bits per heavy atom. The lowest BCUT2D eigenvalue weighted by Gasteiger charge is -2.12. The largest absolute Gasteiger partial charge is 0.353 e. The first-order valence-corrected chi connectivity index (χ1v) is 8.29. The molecule has 0 radical (unpaired) electrons. The van der Waals surface area contributed by atoms with Crippen LogP contribution in [0.2, 0.25) is 0 Å². The van der Waals surface area contributed by atoms with Crippen molar-refractivity contribution in [3.8, 4) is 0 Å². The van der Waals surface area contributed by atoms with E-state index in [0.717, 1.165) is 31.4 Å². The monoisotopic (exact) mass is 279 g/mol. The molecule has 0 heterocycles. The van der Waals surface area contributed by atoms with E-state index in [-0.39, 0.29) is 5.91 Å². The van der Waals surface area contributed by atoms with Gasteiger partial charge in [0, 0.05) is 6.04 Å². The molecule has 1 atom stereocenters. The van der Waals surface area contributed by atoms with E-state index >= 15 is 0 Å². The average Bonchev–Trinajstić information content (AvgIpc) is 2.39. The molecule has 0 aromatic heterocycles. The summed E-state index contributed by atoms with van der Waals surface area (Å²) >= 11 is 1.73. The number of carbonyl (C=O) groups excluding carboxylic acids is 1. The van der Waals surface area contributed by atoms with Crippen LogP contribution in [-0.2, 0) is 11.2 Å². The molecule has 0 saturated heterocycles. The number of hydrogen-bond donors (Lipinski definition) is 1. The first-order valence-electron chi connectivity index (χ1n) is 7.13. The highest BCUT2D eigenvalue weighted by molar-refractivity contribution is 7.99. The van der Waals surface area contributed by atoms with Crippen LogP contribution in [0.25, 0.3) is 0 Å². The summed E-state index contributed by atoms with van der Waals surface area (Å²) in [6, 6.07) is 10.8. The zero-order chi connectivity index (χ0) is 13.9. The Kier molecular flexibility index (Phi) is 8.39. The Balaban J connectivity index is 2.03. The topological polar surface area (TPSA) is 29.1 Å². The third-order valence-corrected chi connectivity index (χ3v) is 4.00. The number of nitrogens with one attached hydrogen (secondary N) is 1. The SMILES string of the molecule is CCCC(C)NC(=O)CSCCCc1ccccc1. The second kappa shape index (κ2) is 9.90. The molecule has 106 valence electrons. The first-order chi connectivity index (χ1) is 9.22. The maximum atomic E-state index is 11.6. The minimum Gasteiger partial charge on any atom is -0.353 e. The molecule has 3 heteroatoms. The van der Waals surface area contributed by atoms with Crippen LogP contribution in [0.5, 0.6) is 0 Å². The molecular formula is C16H25NOS. The molecule has 0 fully saturated rings. The van der Waals surface area contributed by atoms with Gasteiger partial charge in [-0.3, -0.25) is 4.79 Å². The number of benzene rings is 1. The van der Waals surface area contributed by atoms with E-state index < -0.39 is 0 Å². The lowest BCUT2D eigenvalue weighted by molar-refractivity contribution is -0.119. The van der Waals surface area contributed by atoms with Gasteiger partial charge in [0.25, 0.3) is 0 Å². The van der Waals surface area contributed by atoms with Gasteiger partial charge >= 0.3 is 0 Å². The van der Waals surface area contributed by atoms with Gasteiger partial charge in [0.05, 0.1) is 5.75 Å². The van der Waals surface area contributed by atoms with E-state index in [4.69, 9.17) is 0 Å². The zero-order valence-electron chi connectivity index (χ0n) is 12.0. The molecule has 1 N–H and O–H groups in total. The van der Waals surface area contributed by atoms with Crippen molar-refractivity contribution >= 4 is 17.7 Å². The molecule has 0 aliphatic carbocycles. The van der Waals surface area contributed by atoms with Crippen LogP contribution in [-0.4, -0.2) is 23.5 Å². The number of aryl methyl sites for hydroxylation is 1. The lowest BCUT2D eigenvalue weighted by Crippen LogP contribution is -2.33. The Morgan fingerprint density at radius 1 is 1.32 bits per heavy atom. The highest BCUT2D eigenvalue weighted by atomic mass is 32.2. The normalized spacial score (nSPS) is 12.1. The molecular weight excluding hydrogens is 254 g/mol. The molecule has 0 spiro atoms. The Morgan fingerprint density at radius 3 is 2.74 bits per heavy atom. The number of rotatable bonds is 9. The van der Waals surface area contributed by atoms with Gasteiger partial charge in [0.2, 0.25) is 5.91 Å². The van der Waals surface area contributed by atoms with Crippen LogP contribution in [0.15, 0.2) is 30.3 Å². The molecule has 2 nitrogen and oxygen atoms in total. The van der Waals surface area contributed by atoms with Crippen molar-refractivity contribution < 1.29 is 4.79 Å². The molecule has 1 aromatic carbocycles. The minimum absolute atomic E-state index is 0.172. The predicted octanol–water partition coefficient (Wildman–Crippen LogP) is 3.66. The number of amides is 1. The molecule has 0 saturated carbocycles. The van der Waals surface area contributed by atoms with E-state index in [2.05, 4.69) is 43.4 Å². The van der Waals surface area contributed by atoms with Crippen molar-refractivity contribution in [2.24, 2.45) is 0 Å². The summed E-state index contributed by atoms with van der Waals surface area (Å²) in [6.07, 6.45) is 4.41. The van der Waals surface area contributed by atoms with Gasteiger partial charge in [0.15, 0.2) is 0 Å². The molecule has 1 rings (SSSR count). The van der Waals surface area contributed by atoms with Crippen molar-refractivity contribution in [2.75, 3.05) is 11.5 Å². The van der Waals surface area contributed by atoms with Gasteiger partial charge in [-0.1, -0.05) is 43.7 Å². The Hall–Kier alpha value is -0.960. The quantitative estimate of drug-likeness (QED) is 0.699. The Labute approximate surface area is 121 Å². The fourth-order valence-electron chi connectivity index (χ4n) is 2.01. The van der Waals surface area contributed by atoms with Gasteiger partial charge in [-0.25, -0.2) is 0 Å². The van der Waals surface area contributed by atoms with Crippen molar-refractivity contribution in [2.45, 2.75) is 45.6 Å². The van der Waals surface area contributed by atoms with Gasteiger partial charge in [0.1, 0.15) is 0 Å². The van der Waals surface area contributed by atoms with Crippen LogP contribution in [0.4, 0.5) is 0 Å². The molecule has 1 unspecified atom stereocenters. The summed E-state index contributed by atoms with van der Waals surface area (Å²) in [4.78, 5) is 11.6. The van der Waals surface area contributed by atoms with E-state index in [1.54, 1.807) is 11.8 Å². The van der Waals surface area contributed by atoms with Gasteiger partial charge in [-0.2, -0.15) is 11.8 Å². The predicted molar refractivity (Wildman–Crippen MR) is 84.6 cm³/mol. The first kappa shape index (κ1) is 16.1. The number of thioether (sulfide) groups is 1. The zero-order valence-corrected chi connectivity index (χ0v) is 12.8. The van der Waals surface area contributed by atoms with Crippen LogP contribution in [0.1, 0.15) is 38.7 Å². The van der Waals surface area contributed by atoms with E-state index in [1.165, 1.54) is 5.56 Å². The molecule has 0 aliphatic rings. The third-order valence-electron chi connectivity index (χ3n) is 2.96. The van der Waals surface area contributed by atoms with Crippen LogP contribution < -0.4 is 5.32 Å². The molecule has 1 aromatic rings. The maximum Gasteiger partial charge on any atom is 0.230 e. The minimum atomic E-state index is 0.172. The van der Waals surface area contributed by atoms with Crippen LogP contribution in [0.3, 0.4) is 0 Å². The summed E-state index contributed by atoms with van der Waals surface area (Å²) in [5.41, 5.74) is 1.38. The van der Waals surface area contributed by atoms with Gasteiger partial charge in [-0.15, -0.1) is 0 Å². The van der Waals surface area contributed by atoms with Crippen LogP contribution in [0, 0.1) is 0 Å². The standard InChI is InChI=1S/C16H25NOS/c1-3-8-14(2)17-16(18)13-19-12-7-11-15-9-5-4-6-10-15/h4-6,9-10,14H,3,7-8,11-13H2,1-2H3,(H,17,18). The summed E-state index contributed by atoms with van der Waals surface area (Å²) in [6.45, 7) is 4.21. The average molecular weight is 279 g/mol. The smallest absolute Gasteiger partial charge is 0.230 e. The van der Waals surface area contributed by atoms with Crippen molar-refractivity contribution in [1.82, 2.24) is 5.32 Å². The Bertz CT molecular complexity index is 353. The lowest BCUT2D eigenvalue weighted by atomic mass is 10.1. The summed E-state index contributed by atoms with van der Waals surface area (Å²) in [5, 5.41) is 3.03. The van der Waals surface area contributed by atoms with Crippen molar-refractivity contribution in [1.29, 1.82) is 0 Å². The van der Waals surface area contributed by atoms with Crippen molar-refractivity contribution in [3.05, 3.63) is 35.9 Å². The second-order valence-electron chi connectivity index (χ2n) is 4.90. The summed E-state index contributed by atoms with van der Waals surface area (Å²) in [7, 11) is 0. The fraction of sp³-hybridized carbons (Fsp3) is 0.562. The maximum absolute atomic E-state index is 11.6.